The molecular formula is C19H37N5O5. The van der Waals surface area contributed by atoms with Crippen molar-refractivity contribution in [2.24, 2.45) is 23.3 Å². The number of hydrogen-bond acceptors (Lipinski definition) is 6. The van der Waals surface area contributed by atoms with E-state index in [4.69, 9.17) is 16.6 Å². The minimum absolute atomic E-state index is 0.0839. The molecule has 8 N–H and O–H groups in total. The molecule has 29 heavy (non-hydrogen) atoms. The summed E-state index contributed by atoms with van der Waals surface area (Å²) in [6.45, 7) is 7.35. The molecule has 0 saturated heterocycles. The highest BCUT2D eigenvalue weighted by Gasteiger charge is 2.27. The van der Waals surface area contributed by atoms with Crippen LogP contribution >= 0.6 is 0 Å². The van der Waals surface area contributed by atoms with Crippen LogP contribution in [0.5, 0.6) is 0 Å². The van der Waals surface area contributed by atoms with Crippen molar-refractivity contribution in [2.75, 3.05) is 13.1 Å². The van der Waals surface area contributed by atoms with Gasteiger partial charge >= 0.3 is 5.97 Å². The number of rotatable bonds is 14. The number of hydrogen-bond donors (Lipinski definition) is 6. The Bertz CT molecular complexity index is 553. The zero-order valence-electron chi connectivity index (χ0n) is 17.9. The maximum Gasteiger partial charge on any atom is 0.326 e. The van der Waals surface area contributed by atoms with Crippen molar-refractivity contribution in [1.82, 2.24) is 16.0 Å². The van der Waals surface area contributed by atoms with Crippen LogP contribution in [0.2, 0.25) is 0 Å². The predicted molar refractivity (Wildman–Crippen MR) is 110 cm³/mol. The molecule has 3 amide bonds. The third-order valence-electron chi connectivity index (χ3n) is 4.32. The first-order chi connectivity index (χ1) is 13.5. The Morgan fingerprint density at radius 2 is 1.59 bits per heavy atom. The number of nitrogens with one attached hydrogen (secondary N) is 3. The molecule has 10 nitrogen and oxygen atoms in total. The third-order valence-corrected chi connectivity index (χ3v) is 4.32. The molecule has 168 valence electrons. The van der Waals surface area contributed by atoms with E-state index in [1.54, 1.807) is 13.8 Å². The topological polar surface area (TPSA) is 177 Å². The Kier molecular flexibility index (Phi) is 12.8. The number of carboxylic acids is 1. The average Bonchev–Trinajstić information content (AvgIpc) is 2.62. The summed E-state index contributed by atoms with van der Waals surface area (Å²) in [5, 5.41) is 16.6. The first-order valence-corrected chi connectivity index (χ1v) is 10.0. The maximum absolute atomic E-state index is 12.4. The Labute approximate surface area is 172 Å². The van der Waals surface area contributed by atoms with Gasteiger partial charge in [-0.25, -0.2) is 4.79 Å². The van der Waals surface area contributed by atoms with Gasteiger partial charge in [0, 0.05) is 0 Å². The summed E-state index contributed by atoms with van der Waals surface area (Å²) < 4.78 is 0. The second kappa shape index (κ2) is 13.9. The Morgan fingerprint density at radius 1 is 0.966 bits per heavy atom. The van der Waals surface area contributed by atoms with E-state index in [2.05, 4.69) is 16.0 Å². The predicted octanol–water partition coefficient (Wildman–Crippen LogP) is -0.685. The molecule has 0 aromatic carbocycles. The molecular weight excluding hydrogens is 378 g/mol. The van der Waals surface area contributed by atoms with Crippen molar-refractivity contribution in [2.45, 2.75) is 71.5 Å². The van der Waals surface area contributed by atoms with E-state index in [1.807, 2.05) is 13.8 Å². The van der Waals surface area contributed by atoms with E-state index < -0.39 is 41.8 Å². The Hall–Kier alpha value is -2.20. The number of amides is 3. The van der Waals surface area contributed by atoms with Crippen molar-refractivity contribution >= 4 is 23.7 Å². The van der Waals surface area contributed by atoms with Gasteiger partial charge in [-0.3, -0.25) is 14.4 Å². The normalized spacial score (nSPS) is 14.2. The molecule has 3 unspecified atom stereocenters. The molecule has 0 rings (SSSR count). The SMILES string of the molecule is CC(C)CC(NC(=O)CNC(=O)C(NC(=O)C(N)CCCCN)C(C)C)C(=O)O. The van der Waals surface area contributed by atoms with Crippen LogP contribution in [0.4, 0.5) is 0 Å². The lowest BCUT2D eigenvalue weighted by molar-refractivity contribution is -0.142. The second-order valence-corrected chi connectivity index (χ2v) is 7.93. The van der Waals surface area contributed by atoms with Crippen LogP contribution < -0.4 is 27.4 Å². The molecule has 0 bridgehead atoms. The molecule has 10 heteroatoms. The van der Waals surface area contributed by atoms with Crippen molar-refractivity contribution in [3.63, 3.8) is 0 Å². The van der Waals surface area contributed by atoms with E-state index in [9.17, 15) is 19.2 Å². The first-order valence-electron chi connectivity index (χ1n) is 10.0. The lowest BCUT2D eigenvalue weighted by Crippen LogP contribution is -2.55. The van der Waals surface area contributed by atoms with Crippen molar-refractivity contribution in [3.05, 3.63) is 0 Å². The van der Waals surface area contributed by atoms with Gasteiger partial charge in [-0.1, -0.05) is 34.1 Å². The molecule has 0 aliphatic rings. The van der Waals surface area contributed by atoms with Crippen LogP contribution in [0.25, 0.3) is 0 Å². The number of carbonyl (C=O) groups excluding carboxylic acids is 3. The Morgan fingerprint density at radius 3 is 2.07 bits per heavy atom. The van der Waals surface area contributed by atoms with Gasteiger partial charge in [-0.2, -0.15) is 0 Å². The molecule has 0 radical (unpaired) electrons. The van der Waals surface area contributed by atoms with Gasteiger partial charge in [0.15, 0.2) is 0 Å². The highest BCUT2D eigenvalue weighted by Crippen LogP contribution is 2.06. The molecule has 0 heterocycles. The average molecular weight is 416 g/mol. The lowest BCUT2D eigenvalue weighted by Gasteiger charge is -2.23. The fourth-order valence-corrected chi connectivity index (χ4v) is 2.65. The number of aliphatic carboxylic acids is 1. The molecule has 0 aromatic heterocycles. The summed E-state index contributed by atoms with van der Waals surface area (Å²) in [6.07, 6.45) is 2.22. The standard InChI is InChI=1S/C19H37N5O5/c1-11(2)9-14(19(28)29)23-15(25)10-22-18(27)16(12(3)4)24-17(26)13(21)7-5-6-8-20/h11-14,16H,5-10,20-21H2,1-4H3,(H,22,27)(H,23,25)(H,24,26)(H,28,29). The van der Waals surface area contributed by atoms with Gasteiger partial charge in [0.05, 0.1) is 12.6 Å². The van der Waals surface area contributed by atoms with E-state index in [1.165, 1.54) is 0 Å². The molecule has 0 spiro atoms. The fraction of sp³-hybridized carbons (Fsp3) is 0.789. The van der Waals surface area contributed by atoms with Crippen LogP contribution in [0.3, 0.4) is 0 Å². The molecule has 0 aliphatic heterocycles. The highest BCUT2D eigenvalue weighted by atomic mass is 16.4. The highest BCUT2D eigenvalue weighted by molar-refractivity contribution is 5.92. The summed E-state index contributed by atoms with van der Waals surface area (Å²) in [7, 11) is 0. The number of carbonyl (C=O) groups is 4. The second-order valence-electron chi connectivity index (χ2n) is 7.93. The zero-order chi connectivity index (χ0) is 22.6. The van der Waals surface area contributed by atoms with Gasteiger partial charge < -0.3 is 32.5 Å². The van der Waals surface area contributed by atoms with Crippen molar-refractivity contribution in [1.29, 1.82) is 0 Å². The first kappa shape index (κ1) is 26.8. The summed E-state index contributed by atoms with van der Waals surface area (Å²) in [4.78, 5) is 47.9. The smallest absolute Gasteiger partial charge is 0.326 e. The van der Waals surface area contributed by atoms with E-state index in [0.29, 0.717) is 19.4 Å². The van der Waals surface area contributed by atoms with Crippen LogP contribution in [0, 0.1) is 11.8 Å². The minimum Gasteiger partial charge on any atom is -0.480 e. The fourth-order valence-electron chi connectivity index (χ4n) is 2.65. The van der Waals surface area contributed by atoms with Gasteiger partial charge in [0.1, 0.15) is 12.1 Å². The van der Waals surface area contributed by atoms with Gasteiger partial charge in [0.2, 0.25) is 17.7 Å². The maximum atomic E-state index is 12.4. The van der Waals surface area contributed by atoms with E-state index >= 15 is 0 Å². The van der Waals surface area contributed by atoms with Crippen molar-refractivity contribution in [3.8, 4) is 0 Å². The number of unbranched alkanes of at least 4 members (excludes halogenated alkanes) is 1. The quantitative estimate of drug-likeness (QED) is 0.203. The van der Waals surface area contributed by atoms with E-state index in [0.717, 1.165) is 6.42 Å². The minimum atomic E-state index is -1.13. The zero-order valence-corrected chi connectivity index (χ0v) is 17.9. The summed E-state index contributed by atoms with van der Waals surface area (Å²) in [5.41, 5.74) is 11.3. The van der Waals surface area contributed by atoms with Gasteiger partial charge in [-0.05, 0) is 37.6 Å². The van der Waals surface area contributed by atoms with Crippen LogP contribution in [-0.4, -0.2) is 60.0 Å². The van der Waals surface area contributed by atoms with Crippen molar-refractivity contribution < 1.29 is 24.3 Å². The summed E-state index contributed by atoms with van der Waals surface area (Å²) in [6, 6.07) is -2.63. The monoisotopic (exact) mass is 415 g/mol. The van der Waals surface area contributed by atoms with Gasteiger partial charge in [0.25, 0.3) is 0 Å². The number of nitrogens with two attached hydrogens (primary N) is 2. The van der Waals surface area contributed by atoms with Crippen LogP contribution in [0.1, 0.15) is 53.4 Å². The number of carboxylic acid groups (broad SMARTS) is 1. The molecule has 0 saturated carbocycles. The van der Waals surface area contributed by atoms with Gasteiger partial charge in [-0.15, -0.1) is 0 Å². The largest absolute Gasteiger partial charge is 0.480 e. The van der Waals surface area contributed by atoms with Crippen LogP contribution in [-0.2, 0) is 19.2 Å². The molecule has 0 fully saturated rings. The summed E-state index contributed by atoms with van der Waals surface area (Å²) >= 11 is 0. The molecule has 0 aliphatic carbocycles. The Balaban J connectivity index is 4.68. The molecule has 0 aromatic rings. The van der Waals surface area contributed by atoms with Crippen LogP contribution in [0.15, 0.2) is 0 Å². The van der Waals surface area contributed by atoms with E-state index in [-0.39, 0.29) is 24.8 Å². The lowest BCUT2D eigenvalue weighted by atomic mass is 10.0. The molecule has 3 atom stereocenters. The summed E-state index contributed by atoms with van der Waals surface area (Å²) in [5.74, 6) is -2.86. The third kappa shape index (κ3) is 11.4.